The smallest absolute Gasteiger partial charge is 0.326 e. The van der Waals surface area contributed by atoms with Gasteiger partial charge in [0.25, 0.3) is 5.91 Å². The van der Waals surface area contributed by atoms with Crippen molar-refractivity contribution in [2.45, 2.75) is 32.7 Å². The Labute approximate surface area is 121 Å². The molecule has 1 aliphatic heterocycles. The molecule has 1 aromatic rings. The van der Waals surface area contributed by atoms with Gasteiger partial charge in [0, 0.05) is 6.54 Å². The van der Waals surface area contributed by atoms with E-state index in [0.717, 1.165) is 12.8 Å². The van der Waals surface area contributed by atoms with E-state index in [2.05, 4.69) is 0 Å². The van der Waals surface area contributed by atoms with Crippen LogP contribution in [0.2, 0.25) is 4.34 Å². The third kappa shape index (κ3) is 2.77. The van der Waals surface area contributed by atoms with E-state index in [4.69, 9.17) is 11.6 Å². The second-order valence-electron chi connectivity index (χ2n) is 5.44. The Morgan fingerprint density at radius 1 is 1.47 bits per heavy atom. The molecule has 6 heteroatoms. The topological polar surface area (TPSA) is 57.6 Å². The number of hydrogen-bond acceptors (Lipinski definition) is 3. The lowest BCUT2D eigenvalue weighted by atomic mass is 9.76. The molecule has 4 nitrogen and oxygen atoms in total. The van der Waals surface area contributed by atoms with Crippen LogP contribution in [-0.2, 0) is 4.79 Å². The molecule has 2 rings (SSSR count). The van der Waals surface area contributed by atoms with Crippen LogP contribution in [0.4, 0.5) is 0 Å². The zero-order chi connectivity index (χ0) is 14.2. The van der Waals surface area contributed by atoms with E-state index in [1.54, 1.807) is 12.1 Å². The minimum atomic E-state index is -0.944. The zero-order valence-electron chi connectivity index (χ0n) is 10.9. The number of carboxylic acids is 1. The summed E-state index contributed by atoms with van der Waals surface area (Å²) in [5.74, 6) is -1.18. The summed E-state index contributed by atoms with van der Waals surface area (Å²) in [4.78, 5) is 25.9. The molecule has 0 spiro atoms. The highest BCUT2D eigenvalue weighted by Gasteiger charge is 2.44. The Kier molecular flexibility index (Phi) is 3.87. The van der Waals surface area contributed by atoms with E-state index in [1.165, 1.54) is 16.2 Å². The minimum absolute atomic E-state index is 0.239. The fourth-order valence-corrected chi connectivity index (χ4v) is 3.65. The zero-order valence-corrected chi connectivity index (χ0v) is 12.4. The van der Waals surface area contributed by atoms with Crippen LogP contribution in [0, 0.1) is 5.41 Å². The van der Waals surface area contributed by atoms with Crippen molar-refractivity contribution in [2.75, 3.05) is 6.54 Å². The van der Waals surface area contributed by atoms with Gasteiger partial charge in [-0.2, -0.15) is 0 Å². The molecule has 1 saturated heterocycles. The highest BCUT2D eigenvalue weighted by molar-refractivity contribution is 7.17. The second-order valence-corrected chi connectivity index (χ2v) is 7.15. The summed E-state index contributed by atoms with van der Waals surface area (Å²) in [7, 11) is 0. The predicted octanol–water partition coefficient (Wildman–Crippen LogP) is 3.12. The number of likely N-dealkylation sites (tertiary alicyclic amines) is 1. The first-order valence-corrected chi connectivity index (χ1v) is 7.31. The highest BCUT2D eigenvalue weighted by atomic mass is 35.5. The summed E-state index contributed by atoms with van der Waals surface area (Å²) < 4.78 is 0.534. The van der Waals surface area contributed by atoms with Crippen LogP contribution >= 0.6 is 22.9 Å². The summed E-state index contributed by atoms with van der Waals surface area (Å²) >= 11 is 7.01. The molecule has 0 aliphatic carbocycles. The van der Waals surface area contributed by atoms with Gasteiger partial charge in [-0.1, -0.05) is 25.4 Å². The van der Waals surface area contributed by atoms with E-state index in [-0.39, 0.29) is 5.91 Å². The van der Waals surface area contributed by atoms with Crippen LogP contribution in [0.5, 0.6) is 0 Å². The quantitative estimate of drug-likeness (QED) is 0.913. The van der Waals surface area contributed by atoms with E-state index in [0.29, 0.717) is 15.8 Å². The lowest BCUT2D eigenvalue weighted by Crippen LogP contribution is -2.56. The van der Waals surface area contributed by atoms with Gasteiger partial charge in [-0.15, -0.1) is 11.3 Å². The molecule has 0 aromatic carbocycles. The molecule has 1 aliphatic rings. The molecule has 1 amide bonds. The number of nitrogens with zero attached hydrogens (tertiary/aromatic N) is 1. The van der Waals surface area contributed by atoms with Gasteiger partial charge in [0.15, 0.2) is 0 Å². The van der Waals surface area contributed by atoms with Gasteiger partial charge in [0.05, 0.1) is 9.21 Å². The number of carbonyl (C=O) groups excluding carboxylic acids is 1. The third-order valence-corrected chi connectivity index (χ3v) is 4.77. The Hall–Kier alpha value is -1.07. The van der Waals surface area contributed by atoms with E-state index in [9.17, 15) is 14.7 Å². The number of carboxylic acid groups (broad SMARTS) is 1. The van der Waals surface area contributed by atoms with Crippen molar-refractivity contribution in [3.05, 3.63) is 21.3 Å². The Morgan fingerprint density at radius 3 is 2.68 bits per heavy atom. The van der Waals surface area contributed by atoms with Gasteiger partial charge >= 0.3 is 5.97 Å². The van der Waals surface area contributed by atoms with E-state index < -0.39 is 17.4 Å². The minimum Gasteiger partial charge on any atom is -0.480 e. The fourth-order valence-electron chi connectivity index (χ4n) is 2.65. The monoisotopic (exact) mass is 301 g/mol. The molecule has 1 N–H and O–H groups in total. The maximum Gasteiger partial charge on any atom is 0.326 e. The number of piperidine rings is 1. The molecule has 1 atom stereocenters. The Bertz CT molecular complexity index is 512. The summed E-state index contributed by atoms with van der Waals surface area (Å²) in [5.41, 5.74) is -0.416. The summed E-state index contributed by atoms with van der Waals surface area (Å²) in [6, 6.07) is 2.52. The number of hydrogen-bond donors (Lipinski definition) is 1. The number of rotatable bonds is 2. The average Bonchev–Trinajstić information content (AvgIpc) is 2.72. The van der Waals surface area contributed by atoms with Gasteiger partial charge in [0.2, 0.25) is 0 Å². The standard InChI is InChI=1S/C13H16ClNO3S/c1-13(2)6-3-7-15(10(13)12(17)18)11(16)8-4-5-9(14)19-8/h4-5,10H,3,6-7H2,1-2H3,(H,17,18). The summed E-state index contributed by atoms with van der Waals surface area (Å²) in [6.07, 6.45) is 1.63. The first-order valence-electron chi connectivity index (χ1n) is 6.12. The van der Waals surface area contributed by atoms with Gasteiger partial charge < -0.3 is 10.0 Å². The SMILES string of the molecule is CC1(C)CCCN(C(=O)c2ccc(Cl)s2)C1C(=O)O. The van der Waals surface area contributed by atoms with Gasteiger partial charge in [0.1, 0.15) is 6.04 Å². The number of aliphatic carboxylic acids is 1. The first kappa shape index (κ1) is 14.3. The molecule has 2 heterocycles. The van der Waals surface area contributed by atoms with Crippen LogP contribution in [0.15, 0.2) is 12.1 Å². The van der Waals surface area contributed by atoms with Gasteiger partial charge in [-0.25, -0.2) is 4.79 Å². The summed E-state index contributed by atoms with van der Waals surface area (Å²) in [5, 5.41) is 9.43. The highest BCUT2D eigenvalue weighted by Crippen LogP contribution is 2.36. The molecule has 1 unspecified atom stereocenters. The fraction of sp³-hybridized carbons (Fsp3) is 0.538. The van der Waals surface area contributed by atoms with Gasteiger partial charge in [-0.3, -0.25) is 4.79 Å². The van der Waals surface area contributed by atoms with Crippen molar-refractivity contribution < 1.29 is 14.7 Å². The number of halogens is 1. The van der Waals surface area contributed by atoms with Crippen LogP contribution in [0.1, 0.15) is 36.4 Å². The van der Waals surface area contributed by atoms with Crippen molar-refractivity contribution in [1.29, 1.82) is 0 Å². The molecule has 19 heavy (non-hydrogen) atoms. The number of amides is 1. The van der Waals surface area contributed by atoms with Crippen LogP contribution in [0.25, 0.3) is 0 Å². The van der Waals surface area contributed by atoms with Crippen LogP contribution in [-0.4, -0.2) is 34.5 Å². The molecular weight excluding hydrogens is 286 g/mol. The molecule has 1 aromatic heterocycles. The van der Waals surface area contributed by atoms with Crippen LogP contribution < -0.4 is 0 Å². The van der Waals surface area contributed by atoms with Crippen molar-refractivity contribution in [1.82, 2.24) is 4.90 Å². The van der Waals surface area contributed by atoms with Crippen molar-refractivity contribution in [2.24, 2.45) is 5.41 Å². The molecular formula is C13H16ClNO3S. The average molecular weight is 302 g/mol. The number of thiophene rings is 1. The van der Waals surface area contributed by atoms with Crippen molar-refractivity contribution >= 4 is 34.8 Å². The third-order valence-electron chi connectivity index (χ3n) is 3.55. The maximum absolute atomic E-state index is 12.4. The second kappa shape index (κ2) is 5.13. The van der Waals surface area contributed by atoms with Crippen molar-refractivity contribution in [3.63, 3.8) is 0 Å². The predicted molar refractivity (Wildman–Crippen MR) is 74.8 cm³/mol. The molecule has 0 bridgehead atoms. The molecule has 0 saturated carbocycles. The van der Waals surface area contributed by atoms with E-state index in [1.807, 2.05) is 13.8 Å². The van der Waals surface area contributed by atoms with Gasteiger partial charge in [-0.05, 0) is 30.4 Å². The molecule has 104 valence electrons. The summed E-state index contributed by atoms with van der Waals surface area (Å²) in [6.45, 7) is 4.27. The maximum atomic E-state index is 12.4. The van der Waals surface area contributed by atoms with E-state index >= 15 is 0 Å². The van der Waals surface area contributed by atoms with Crippen molar-refractivity contribution in [3.8, 4) is 0 Å². The first-order chi connectivity index (χ1) is 8.83. The largest absolute Gasteiger partial charge is 0.480 e. The molecule has 1 fully saturated rings. The molecule has 0 radical (unpaired) electrons. The normalized spacial score (nSPS) is 22.3. The lowest BCUT2D eigenvalue weighted by molar-refractivity contribution is -0.148. The Balaban J connectivity index is 2.31. The Morgan fingerprint density at radius 2 is 2.16 bits per heavy atom. The van der Waals surface area contributed by atoms with Crippen LogP contribution in [0.3, 0.4) is 0 Å². The lowest BCUT2D eigenvalue weighted by Gasteiger charge is -2.43. The number of carbonyl (C=O) groups is 2.